The second-order valence-corrected chi connectivity index (χ2v) is 3.67. The molecule has 1 atom stereocenters. The van der Waals surface area contributed by atoms with Gasteiger partial charge >= 0.3 is 5.97 Å². The highest BCUT2D eigenvalue weighted by Crippen LogP contribution is 2.00. The van der Waals surface area contributed by atoms with Crippen LogP contribution in [0, 0.1) is 12.3 Å². The summed E-state index contributed by atoms with van der Waals surface area (Å²) in [7, 11) is 0. The third-order valence-electron chi connectivity index (χ3n) is 2.36. The number of aliphatic carboxylic acids is 1. The second-order valence-electron chi connectivity index (χ2n) is 3.67. The molecule has 0 saturated carbocycles. The molecule has 0 aliphatic heterocycles. The number of hydrogen-bond donors (Lipinski definition) is 2. The van der Waals surface area contributed by atoms with Crippen LogP contribution in [0.1, 0.15) is 45.4 Å². The molecule has 3 nitrogen and oxygen atoms in total. The summed E-state index contributed by atoms with van der Waals surface area (Å²) in [5, 5.41) is 11.8. The molecule has 0 saturated heterocycles. The van der Waals surface area contributed by atoms with Crippen molar-refractivity contribution in [3.05, 3.63) is 0 Å². The van der Waals surface area contributed by atoms with E-state index in [1.165, 1.54) is 0 Å². The number of nitrogens with one attached hydrogen (secondary N) is 1. The van der Waals surface area contributed by atoms with E-state index in [2.05, 4.69) is 18.2 Å². The Kier molecular flexibility index (Phi) is 8.90. The zero-order valence-electron chi connectivity index (χ0n) is 9.46. The highest BCUT2D eigenvalue weighted by molar-refractivity contribution is 5.66. The molecule has 0 amide bonds. The molecule has 0 radical (unpaired) electrons. The van der Waals surface area contributed by atoms with E-state index in [-0.39, 0.29) is 6.42 Å². The van der Waals surface area contributed by atoms with Crippen LogP contribution < -0.4 is 5.32 Å². The zero-order valence-corrected chi connectivity index (χ0v) is 9.46. The zero-order chi connectivity index (χ0) is 11.5. The molecule has 1 unspecified atom stereocenters. The van der Waals surface area contributed by atoms with Crippen molar-refractivity contribution in [1.29, 1.82) is 0 Å². The van der Waals surface area contributed by atoms with E-state index < -0.39 is 5.97 Å². The summed E-state index contributed by atoms with van der Waals surface area (Å²) >= 11 is 0. The van der Waals surface area contributed by atoms with E-state index in [1.54, 1.807) is 0 Å². The monoisotopic (exact) mass is 211 g/mol. The van der Waals surface area contributed by atoms with Crippen molar-refractivity contribution >= 4 is 5.97 Å². The fraction of sp³-hybridized carbons (Fsp3) is 0.750. The van der Waals surface area contributed by atoms with Crippen molar-refractivity contribution in [2.45, 2.75) is 51.5 Å². The molecule has 0 aromatic rings. The first-order valence-electron chi connectivity index (χ1n) is 5.59. The van der Waals surface area contributed by atoms with Crippen LogP contribution in [0.25, 0.3) is 0 Å². The van der Waals surface area contributed by atoms with E-state index in [9.17, 15) is 4.79 Å². The first-order valence-corrected chi connectivity index (χ1v) is 5.59. The Bertz CT molecular complexity index is 208. The van der Waals surface area contributed by atoms with Crippen LogP contribution in [-0.4, -0.2) is 23.7 Å². The van der Waals surface area contributed by atoms with Gasteiger partial charge in [0.2, 0.25) is 0 Å². The van der Waals surface area contributed by atoms with Gasteiger partial charge in [0, 0.05) is 18.9 Å². The van der Waals surface area contributed by atoms with Crippen LogP contribution in [0.5, 0.6) is 0 Å². The Balaban J connectivity index is 3.29. The van der Waals surface area contributed by atoms with Crippen LogP contribution >= 0.6 is 0 Å². The molecule has 3 heteroatoms. The average molecular weight is 211 g/mol. The Morgan fingerprint density at radius 2 is 2.20 bits per heavy atom. The summed E-state index contributed by atoms with van der Waals surface area (Å²) in [6, 6.07) is 0.412. The fourth-order valence-corrected chi connectivity index (χ4v) is 1.39. The van der Waals surface area contributed by atoms with Gasteiger partial charge in [-0.2, -0.15) is 0 Å². The minimum Gasteiger partial charge on any atom is -0.481 e. The molecule has 86 valence electrons. The van der Waals surface area contributed by atoms with Crippen molar-refractivity contribution in [3.63, 3.8) is 0 Å². The van der Waals surface area contributed by atoms with Crippen LogP contribution in [0.4, 0.5) is 0 Å². The second kappa shape index (κ2) is 9.54. The number of carbonyl (C=O) groups is 1. The normalized spacial score (nSPS) is 12.0. The van der Waals surface area contributed by atoms with Crippen LogP contribution in [0.2, 0.25) is 0 Å². The first kappa shape index (κ1) is 14.0. The molecular weight excluding hydrogens is 190 g/mol. The van der Waals surface area contributed by atoms with Crippen molar-refractivity contribution in [1.82, 2.24) is 5.32 Å². The highest BCUT2D eigenvalue weighted by atomic mass is 16.4. The fourth-order valence-electron chi connectivity index (χ4n) is 1.39. The van der Waals surface area contributed by atoms with Gasteiger partial charge in [0.25, 0.3) is 0 Å². The molecule has 0 spiro atoms. The van der Waals surface area contributed by atoms with Crippen molar-refractivity contribution in [2.75, 3.05) is 6.54 Å². The Labute approximate surface area is 92.3 Å². The van der Waals surface area contributed by atoms with E-state index in [0.29, 0.717) is 6.04 Å². The van der Waals surface area contributed by atoms with Gasteiger partial charge in [-0.15, -0.1) is 12.3 Å². The van der Waals surface area contributed by atoms with E-state index >= 15 is 0 Å². The van der Waals surface area contributed by atoms with Gasteiger partial charge in [-0.25, -0.2) is 0 Å². The first-order chi connectivity index (χ1) is 7.20. The summed E-state index contributed by atoms with van der Waals surface area (Å²) < 4.78 is 0. The van der Waals surface area contributed by atoms with Crippen molar-refractivity contribution in [3.8, 4) is 12.3 Å². The van der Waals surface area contributed by atoms with E-state index in [0.717, 1.165) is 38.6 Å². The number of carboxylic acids is 1. The number of terminal acetylenes is 1. The molecule has 0 aliphatic carbocycles. The van der Waals surface area contributed by atoms with Crippen molar-refractivity contribution in [2.24, 2.45) is 0 Å². The van der Waals surface area contributed by atoms with Crippen molar-refractivity contribution < 1.29 is 9.90 Å². The molecule has 0 aromatic carbocycles. The molecule has 0 fully saturated rings. The molecular formula is C12H21NO2. The Morgan fingerprint density at radius 3 is 2.73 bits per heavy atom. The van der Waals surface area contributed by atoms with Crippen LogP contribution in [0.15, 0.2) is 0 Å². The van der Waals surface area contributed by atoms with Crippen LogP contribution in [-0.2, 0) is 4.79 Å². The lowest BCUT2D eigenvalue weighted by molar-refractivity contribution is -0.137. The van der Waals surface area contributed by atoms with Gasteiger partial charge in [0.15, 0.2) is 0 Å². The average Bonchev–Trinajstić information content (AvgIpc) is 2.21. The quantitative estimate of drug-likeness (QED) is 0.453. The molecule has 0 aromatic heterocycles. The number of rotatable bonds is 9. The summed E-state index contributed by atoms with van der Waals surface area (Å²) in [5.74, 6) is 1.94. The summed E-state index contributed by atoms with van der Waals surface area (Å²) in [6.07, 6.45) is 10.1. The van der Waals surface area contributed by atoms with E-state index in [1.807, 2.05) is 0 Å². The Hall–Kier alpha value is -1.01. The number of unbranched alkanes of at least 4 members (excludes halogenated alkanes) is 2. The molecule has 0 rings (SSSR count). The topological polar surface area (TPSA) is 49.3 Å². The van der Waals surface area contributed by atoms with E-state index in [4.69, 9.17) is 11.5 Å². The SMILES string of the molecule is C#CCC(CC)NCCCCCC(=O)O. The summed E-state index contributed by atoms with van der Waals surface area (Å²) in [4.78, 5) is 10.2. The summed E-state index contributed by atoms with van der Waals surface area (Å²) in [5.41, 5.74) is 0. The van der Waals surface area contributed by atoms with Gasteiger partial charge in [0.05, 0.1) is 0 Å². The molecule has 0 heterocycles. The minimum absolute atomic E-state index is 0.279. The molecule has 2 N–H and O–H groups in total. The van der Waals surface area contributed by atoms with Gasteiger partial charge < -0.3 is 10.4 Å². The smallest absolute Gasteiger partial charge is 0.303 e. The molecule has 0 bridgehead atoms. The predicted molar refractivity (Wildman–Crippen MR) is 61.6 cm³/mol. The maximum absolute atomic E-state index is 10.2. The lowest BCUT2D eigenvalue weighted by Gasteiger charge is -2.13. The lowest BCUT2D eigenvalue weighted by atomic mass is 10.1. The highest BCUT2D eigenvalue weighted by Gasteiger charge is 2.02. The van der Waals surface area contributed by atoms with Gasteiger partial charge in [-0.3, -0.25) is 4.79 Å². The minimum atomic E-state index is -0.707. The lowest BCUT2D eigenvalue weighted by Crippen LogP contribution is -2.28. The Morgan fingerprint density at radius 1 is 1.47 bits per heavy atom. The maximum Gasteiger partial charge on any atom is 0.303 e. The van der Waals surface area contributed by atoms with Gasteiger partial charge in [0.1, 0.15) is 0 Å². The molecule has 15 heavy (non-hydrogen) atoms. The maximum atomic E-state index is 10.2. The third-order valence-corrected chi connectivity index (χ3v) is 2.36. The van der Waals surface area contributed by atoms with Gasteiger partial charge in [-0.05, 0) is 25.8 Å². The van der Waals surface area contributed by atoms with Gasteiger partial charge in [-0.1, -0.05) is 13.3 Å². The summed E-state index contributed by atoms with van der Waals surface area (Å²) in [6.45, 7) is 3.04. The number of hydrogen-bond acceptors (Lipinski definition) is 2. The van der Waals surface area contributed by atoms with Crippen LogP contribution in [0.3, 0.4) is 0 Å². The predicted octanol–water partition coefficient (Wildman–Crippen LogP) is 2.02. The third kappa shape index (κ3) is 9.30. The largest absolute Gasteiger partial charge is 0.481 e. The molecule has 0 aliphatic rings. The number of carboxylic acid groups (broad SMARTS) is 1. The standard InChI is InChI=1S/C12H21NO2/c1-3-8-11(4-2)13-10-7-5-6-9-12(14)15/h1,11,13H,4-10H2,2H3,(H,14,15).